The van der Waals surface area contributed by atoms with Crippen LogP contribution >= 0.6 is 23.2 Å². The summed E-state index contributed by atoms with van der Waals surface area (Å²) in [5.74, 6) is 0.490. The zero-order chi connectivity index (χ0) is 20.4. The highest BCUT2D eigenvalue weighted by Gasteiger charge is 2.31. The molecule has 0 N–H and O–H groups in total. The van der Waals surface area contributed by atoms with Crippen molar-refractivity contribution < 1.29 is 14.1 Å². The van der Waals surface area contributed by atoms with Crippen molar-refractivity contribution in [2.75, 3.05) is 17.2 Å². The summed E-state index contributed by atoms with van der Waals surface area (Å²) in [5, 5.41) is 0.538. The molecule has 1 aliphatic rings. The highest BCUT2D eigenvalue weighted by Crippen LogP contribution is 2.37. The number of nitrogens with zero attached hydrogens (tertiary/aromatic N) is 1. The average molecular weight is 446 g/mol. The molecule has 1 heterocycles. The highest BCUT2D eigenvalue weighted by atomic mass is 35.5. The Hall–Kier alpha value is -2.18. The lowest BCUT2D eigenvalue weighted by Crippen LogP contribution is -2.39. The number of carbonyl (C=O) groups is 1. The second-order valence-electron chi connectivity index (χ2n) is 6.52. The molecule has 1 atom stereocenters. The van der Waals surface area contributed by atoms with Gasteiger partial charge in [0.1, 0.15) is 12.4 Å². The lowest BCUT2D eigenvalue weighted by atomic mass is 10.1. The second-order valence-corrected chi connectivity index (χ2v) is 8.87. The number of amides is 1. The number of fused-ring (bicyclic) bond motifs is 1. The van der Waals surface area contributed by atoms with Gasteiger partial charge in [-0.2, -0.15) is 0 Å². The first-order valence-electron chi connectivity index (χ1n) is 8.99. The van der Waals surface area contributed by atoms with E-state index >= 15 is 0 Å². The first kappa shape index (κ1) is 20.1. The number of ether oxygens (including phenoxy) is 1. The smallest absolute Gasteiger partial charge is 0.258 e. The largest absolute Gasteiger partial charge is 0.611 e. The maximum atomic E-state index is 13.1. The molecule has 3 aromatic carbocycles. The van der Waals surface area contributed by atoms with Crippen molar-refractivity contribution in [3.8, 4) is 5.75 Å². The molecule has 0 spiro atoms. The van der Waals surface area contributed by atoms with Crippen LogP contribution in [0.5, 0.6) is 5.75 Å². The number of hydrogen-bond donors (Lipinski definition) is 0. The number of anilines is 1. The van der Waals surface area contributed by atoms with Crippen molar-refractivity contribution in [1.29, 1.82) is 0 Å². The molecule has 0 fully saturated rings. The molecule has 0 saturated carbocycles. The van der Waals surface area contributed by atoms with Gasteiger partial charge < -0.3 is 9.29 Å². The van der Waals surface area contributed by atoms with E-state index in [0.29, 0.717) is 40.8 Å². The minimum absolute atomic E-state index is 0.243. The Morgan fingerprint density at radius 1 is 1.03 bits per heavy atom. The fourth-order valence-corrected chi connectivity index (χ4v) is 5.00. The van der Waals surface area contributed by atoms with Crippen LogP contribution in [-0.2, 0) is 17.8 Å². The summed E-state index contributed by atoms with van der Waals surface area (Å²) < 4.78 is 18.0. The maximum Gasteiger partial charge on any atom is 0.258 e. The summed E-state index contributed by atoms with van der Waals surface area (Å²) in [5.41, 5.74) is 1.99. The first-order chi connectivity index (χ1) is 14.0. The maximum absolute atomic E-state index is 13.1. The zero-order valence-corrected chi connectivity index (χ0v) is 17.6. The lowest BCUT2D eigenvalue weighted by molar-refractivity contribution is 0.0987. The molecule has 1 unspecified atom stereocenters. The second kappa shape index (κ2) is 8.67. The monoisotopic (exact) mass is 445 g/mol. The topological polar surface area (TPSA) is 52.6 Å². The van der Waals surface area contributed by atoms with Crippen LogP contribution in [0.3, 0.4) is 0 Å². The molecule has 0 saturated heterocycles. The van der Waals surface area contributed by atoms with Gasteiger partial charge in [-0.15, -0.1) is 0 Å². The van der Waals surface area contributed by atoms with E-state index in [1.54, 1.807) is 29.2 Å². The van der Waals surface area contributed by atoms with E-state index in [2.05, 4.69) is 0 Å². The van der Waals surface area contributed by atoms with Gasteiger partial charge in [-0.25, -0.2) is 0 Å². The van der Waals surface area contributed by atoms with Crippen molar-refractivity contribution in [1.82, 2.24) is 0 Å². The predicted octanol–water partition coefficient (Wildman–Crippen LogP) is 5.34. The third-order valence-corrected chi connectivity index (χ3v) is 6.57. The average Bonchev–Trinajstić information content (AvgIpc) is 2.74. The molecular weight excluding hydrogens is 429 g/mol. The van der Waals surface area contributed by atoms with Crippen LogP contribution in [0, 0.1) is 0 Å². The van der Waals surface area contributed by atoms with Crippen LogP contribution in [0.25, 0.3) is 0 Å². The Balaban J connectivity index is 1.58. The molecule has 0 aliphatic carbocycles. The molecule has 0 radical (unpaired) electrons. The van der Waals surface area contributed by atoms with E-state index < -0.39 is 11.2 Å². The minimum Gasteiger partial charge on any atom is -0.611 e. The Morgan fingerprint density at radius 2 is 1.69 bits per heavy atom. The van der Waals surface area contributed by atoms with Crippen LogP contribution in [0.15, 0.2) is 71.6 Å². The van der Waals surface area contributed by atoms with E-state index in [9.17, 15) is 9.35 Å². The van der Waals surface area contributed by atoms with Crippen LogP contribution in [-0.4, -0.2) is 22.8 Å². The molecular formula is C22H17Cl2NO3S. The summed E-state index contributed by atoms with van der Waals surface area (Å²) in [6, 6.07) is 20.0. The molecule has 29 heavy (non-hydrogen) atoms. The van der Waals surface area contributed by atoms with Crippen LogP contribution in [0.2, 0.25) is 10.0 Å². The highest BCUT2D eigenvalue weighted by molar-refractivity contribution is 7.91. The molecule has 0 bridgehead atoms. The Labute approximate surface area is 182 Å². The molecule has 4 nitrogen and oxygen atoms in total. The third kappa shape index (κ3) is 4.23. The zero-order valence-electron chi connectivity index (χ0n) is 15.3. The standard InChI is InChI=1S/C22H17Cl2NO3S/c23-17-12-16(13-18(24)21(17)28-14-15-6-2-1-3-7-15)22(26)25-10-11-29(27)20-9-5-4-8-19(20)25/h1-9,12-13H,10-11,14H2. The SMILES string of the molecule is O=C(c1cc(Cl)c(OCc2ccccc2)c(Cl)c1)N1CC[S+]([O-])c2ccccc21. The van der Waals surface area contributed by atoms with Crippen LogP contribution < -0.4 is 9.64 Å². The van der Waals surface area contributed by atoms with Gasteiger partial charge in [0.25, 0.3) is 5.91 Å². The van der Waals surface area contributed by atoms with Crippen LogP contribution in [0.1, 0.15) is 15.9 Å². The molecule has 4 rings (SSSR count). The summed E-state index contributed by atoms with van der Waals surface area (Å²) in [4.78, 5) is 15.4. The summed E-state index contributed by atoms with van der Waals surface area (Å²) in [7, 11) is 0. The van der Waals surface area contributed by atoms with E-state index in [0.717, 1.165) is 5.56 Å². The fourth-order valence-electron chi connectivity index (χ4n) is 3.20. The van der Waals surface area contributed by atoms with Crippen molar-refractivity contribution in [3.63, 3.8) is 0 Å². The molecule has 7 heteroatoms. The number of carbonyl (C=O) groups excluding carboxylic acids is 1. The summed E-state index contributed by atoms with van der Waals surface area (Å²) >= 11 is 11.6. The molecule has 3 aromatic rings. The molecule has 148 valence electrons. The Bertz CT molecular complexity index is 1020. The van der Waals surface area contributed by atoms with Gasteiger partial charge in [0, 0.05) is 5.56 Å². The molecule has 0 aromatic heterocycles. The van der Waals surface area contributed by atoms with Gasteiger partial charge in [-0.1, -0.05) is 65.7 Å². The third-order valence-electron chi connectivity index (χ3n) is 4.62. The Kier molecular flexibility index (Phi) is 6.01. The number of benzene rings is 3. The van der Waals surface area contributed by atoms with E-state index in [1.807, 2.05) is 42.5 Å². The van der Waals surface area contributed by atoms with Gasteiger partial charge in [0.15, 0.2) is 10.6 Å². The van der Waals surface area contributed by atoms with Gasteiger partial charge in [-0.05, 0) is 41.0 Å². The lowest BCUT2D eigenvalue weighted by Gasteiger charge is -2.30. The molecule has 1 aliphatic heterocycles. The number of rotatable bonds is 4. The van der Waals surface area contributed by atoms with Crippen LogP contribution in [0.4, 0.5) is 5.69 Å². The number of halogens is 2. The van der Waals surface area contributed by atoms with Crippen molar-refractivity contribution in [3.05, 3.63) is 87.9 Å². The van der Waals surface area contributed by atoms with E-state index in [-0.39, 0.29) is 16.0 Å². The number of para-hydroxylation sites is 1. The Morgan fingerprint density at radius 3 is 2.41 bits per heavy atom. The summed E-state index contributed by atoms with van der Waals surface area (Å²) in [6.07, 6.45) is 0. The fraction of sp³-hybridized carbons (Fsp3) is 0.136. The van der Waals surface area contributed by atoms with Crippen molar-refractivity contribution in [2.45, 2.75) is 11.5 Å². The predicted molar refractivity (Wildman–Crippen MR) is 117 cm³/mol. The van der Waals surface area contributed by atoms with Crippen molar-refractivity contribution >= 4 is 46.0 Å². The first-order valence-corrected chi connectivity index (χ1v) is 11.1. The van der Waals surface area contributed by atoms with E-state index in [4.69, 9.17) is 27.9 Å². The van der Waals surface area contributed by atoms with E-state index in [1.165, 1.54) is 0 Å². The quantitative estimate of drug-likeness (QED) is 0.509. The van der Waals surface area contributed by atoms with Crippen molar-refractivity contribution in [2.24, 2.45) is 0 Å². The van der Waals surface area contributed by atoms with Gasteiger partial charge >= 0.3 is 0 Å². The normalized spacial score (nSPS) is 15.7. The summed E-state index contributed by atoms with van der Waals surface area (Å²) in [6.45, 7) is 0.683. The van der Waals surface area contributed by atoms with Gasteiger partial charge in [0.2, 0.25) is 0 Å². The molecule has 1 amide bonds. The number of hydrogen-bond acceptors (Lipinski definition) is 3. The minimum atomic E-state index is -1.11. The van der Waals surface area contributed by atoms with Gasteiger partial charge in [-0.3, -0.25) is 9.69 Å². The van der Waals surface area contributed by atoms with Gasteiger partial charge in [0.05, 0.1) is 22.3 Å².